The number of nitrogens with zero attached hydrogens (tertiary/aromatic N) is 1. The first kappa shape index (κ1) is 23.2. The van der Waals surface area contributed by atoms with Crippen molar-refractivity contribution in [1.82, 2.24) is 4.90 Å². The van der Waals surface area contributed by atoms with Gasteiger partial charge in [0.1, 0.15) is 11.5 Å². The number of sulfonamides is 1. The molecule has 0 radical (unpaired) electrons. The standard InChI is InChI=1S/C22H27ClN2O5S/c1-3-29-18-6-4-17(5-7-18)24-31(27,28)19-8-9-21(20(23)14-19)30-15-22(26)25-12-10-16(2)11-13-25/h4-9,14,16,24H,3,10-13,15H2,1-2H3. The summed E-state index contributed by atoms with van der Waals surface area (Å²) in [6, 6.07) is 10.8. The molecule has 1 fully saturated rings. The summed E-state index contributed by atoms with van der Waals surface area (Å²) in [5.74, 6) is 1.45. The van der Waals surface area contributed by atoms with Crippen LogP contribution in [0.25, 0.3) is 0 Å². The summed E-state index contributed by atoms with van der Waals surface area (Å²) >= 11 is 6.22. The lowest BCUT2D eigenvalue weighted by molar-refractivity contribution is -0.134. The number of ether oxygens (including phenoxy) is 2. The number of anilines is 1. The Morgan fingerprint density at radius 3 is 2.42 bits per heavy atom. The Hall–Kier alpha value is -2.45. The van der Waals surface area contributed by atoms with Gasteiger partial charge in [0.05, 0.1) is 16.5 Å². The van der Waals surface area contributed by atoms with Gasteiger partial charge in [-0.1, -0.05) is 18.5 Å². The molecule has 1 aliphatic heterocycles. The van der Waals surface area contributed by atoms with Crippen LogP contribution in [0, 0.1) is 5.92 Å². The SMILES string of the molecule is CCOc1ccc(NS(=O)(=O)c2ccc(OCC(=O)N3CCC(C)CC3)c(Cl)c2)cc1. The van der Waals surface area contributed by atoms with Crippen molar-refractivity contribution in [3.05, 3.63) is 47.5 Å². The lowest BCUT2D eigenvalue weighted by Crippen LogP contribution is -2.40. The van der Waals surface area contributed by atoms with Crippen LogP contribution in [0.5, 0.6) is 11.5 Å². The van der Waals surface area contributed by atoms with E-state index in [1.54, 1.807) is 29.2 Å². The Morgan fingerprint density at radius 1 is 1.13 bits per heavy atom. The van der Waals surface area contributed by atoms with Crippen LogP contribution in [0.3, 0.4) is 0 Å². The molecule has 1 heterocycles. The zero-order valence-electron chi connectivity index (χ0n) is 17.6. The molecule has 2 aromatic rings. The molecule has 3 rings (SSSR count). The number of carbonyl (C=O) groups excluding carboxylic acids is 1. The minimum absolute atomic E-state index is 0.00456. The maximum absolute atomic E-state index is 12.7. The first-order valence-corrected chi connectivity index (χ1v) is 12.1. The van der Waals surface area contributed by atoms with Crippen molar-refractivity contribution in [2.75, 3.05) is 31.0 Å². The fraction of sp³-hybridized carbons (Fsp3) is 0.409. The molecular formula is C22H27ClN2O5S. The Bertz CT molecular complexity index is 1000. The smallest absolute Gasteiger partial charge is 0.261 e. The number of halogens is 1. The van der Waals surface area contributed by atoms with Crippen LogP contribution in [0.4, 0.5) is 5.69 Å². The van der Waals surface area contributed by atoms with Gasteiger partial charge in [0.2, 0.25) is 0 Å². The first-order valence-electron chi connectivity index (χ1n) is 10.2. The van der Waals surface area contributed by atoms with Gasteiger partial charge in [0.15, 0.2) is 6.61 Å². The molecule has 0 spiro atoms. The number of piperidine rings is 1. The average molecular weight is 467 g/mol. The third kappa shape index (κ3) is 6.27. The van der Waals surface area contributed by atoms with Gasteiger partial charge in [-0.2, -0.15) is 0 Å². The Kier molecular flexibility index (Phi) is 7.67. The van der Waals surface area contributed by atoms with Crippen molar-refractivity contribution < 1.29 is 22.7 Å². The van der Waals surface area contributed by atoms with Crippen LogP contribution in [0.2, 0.25) is 5.02 Å². The molecule has 0 unspecified atom stereocenters. The summed E-state index contributed by atoms with van der Waals surface area (Å²) in [7, 11) is -3.84. The number of amides is 1. The number of hydrogen-bond acceptors (Lipinski definition) is 5. The Morgan fingerprint density at radius 2 is 1.81 bits per heavy atom. The van der Waals surface area contributed by atoms with Gasteiger partial charge in [0.25, 0.3) is 15.9 Å². The van der Waals surface area contributed by atoms with E-state index in [9.17, 15) is 13.2 Å². The van der Waals surface area contributed by atoms with Crippen molar-refractivity contribution in [1.29, 1.82) is 0 Å². The van der Waals surface area contributed by atoms with E-state index in [0.717, 1.165) is 25.9 Å². The molecule has 1 aliphatic rings. The number of hydrogen-bond donors (Lipinski definition) is 1. The summed E-state index contributed by atoms with van der Waals surface area (Å²) in [6.45, 7) is 5.90. The van der Waals surface area contributed by atoms with E-state index < -0.39 is 10.0 Å². The maximum Gasteiger partial charge on any atom is 0.261 e. The number of rotatable bonds is 8. The lowest BCUT2D eigenvalue weighted by Gasteiger charge is -2.30. The highest BCUT2D eigenvalue weighted by atomic mass is 35.5. The van der Waals surface area contributed by atoms with Gasteiger partial charge in [0, 0.05) is 18.8 Å². The van der Waals surface area contributed by atoms with Crippen LogP contribution in [0.1, 0.15) is 26.7 Å². The second kappa shape index (κ2) is 10.2. The van der Waals surface area contributed by atoms with E-state index in [-0.39, 0.29) is 28.2 Å². The predicted octanol–water partition coefficient (Wildman–Crippen LogP) is 4.18. The molecule has 0 bridgehead atoms. The highest BCUT2D eigenvalue weighted by Gasteiger charge is 2.21. The van der Waals surface area contributed by atoms with Crippen molar-refractivity contribution in [3.8, 4) is 11.5 Å². The van der Waals surface area contributed by atoms with E-state index in [0.29, 0.717) is 24.0 Å². The van der Waals surface area contributed by atoms with Crippen LogP contribution in [-0.4, -0.2) is 45.5 Å². The van der Waals surface area contributed by atoms with Crippen molar-refractivity contribution >= 4 is 33.2 Å². The van der Waals surface area contributed by atoms with Gasteiger partial charge in [-0.25, -0.2) is 8.42 Å². The third-order valence-corrected chi connectivity index (χ3v) is 6.79. The summed E-state index contributed by atoms with van der Waals surface area (Å²) in [6.07, 6.45) is 1.97. The molecule has 2 aromatic carbocycles. The summed E-state index contributed by atoms with van der Waals surface area (Å²) in [5.41, 5.74) is 0.404. The number of carbonyl (C=O) groups is 1. The van der Waals surface area contributed by atoms with Crippen LogP contribution < -0.4 is 14.2 Å². The number of likely N-dealkylation sites (tertiary alicyclic amines) is 1. The van der Waals surface area contributed by atoms with Crippen LogP contribution in [-0.2, 0) is 14.8 Å². The summed E-state index contributed by atoms with van der Waals surface area (Å²) in [5, 5.41) is 0.120. The molecule has 0 saturated carbocycles. The molecule has 31 heavy (non-hydrogen) atoms. The van der Waals surface area contributed by atoms with Crippen molar-refractivity contribution in [3.63, 3.8) is 0 Å². The Balaban J connectivity index is 1.61. The Labute approximate surface area is 188 Å². The van der Waals surface area contributed by atoms with Crippen LogP contribution >= 0.6 is 11.6 Å². The van der Waals surface area contributed by atoms with E-state index >= 15 is 0 Å². The van der Waals surface area contributed by atoms with E-state index in [1.807, 2.05) is 6.92 Å². The van der Waals surface area contributed by atoms with Gasteiger partial charge < -0.3 is 14.4 Å². The quantitative estimate of drug-likeness (QED) is 0.630. The number of nitrogens with one attached hydrogen (secondary N) is 1. The normalized spacial score (nSPS) is 14.9. The van der Waals surface area contributed by atoms with Crippen LogP contribution in [0.15, 0.2) is 47.4 Å². The van der Waals surface area contributed by atoms with Gasteiger partial charge in [-0.3, -0.25) is 9.52 Å². The second-order valence-electron chi connectivity index (χ2n) is 7.51. The fourth-order valence-corrected chi connectivity index (χ4v) is 4.64. The minimum atomic E-state index is -3.84. The van der Waals surface area contributed by atoms with Crippen molar-refractivity contribution in [2.45, 2.75) is 31.6 Å². The van der Waals surface area contributed by atoms with E-state index in [4.69, 9.17) is 21.1 Å². The average Bonchev–Trinajstić information content (AvgIpc) is 2.74. The molecule has 9 heteroatoms. The molecule has 7 nitrogen and oxygen atoms in total. The molecule has 0 atom stereocenters. The summed E-state index contributed by atoms with van der Waals surface area (Å²) < 4.78 is 38.7. The predicted molar refractivity (Wildman–Crippen MR) is 120 cm³/mol. The molecule has 168 valence electrons. The van der Waals surface area contributed by atoms with Gasteiger partial charge >= 0.3 is 0 Å². The topological polar surface area (TPSA) is 84.9 Å². The summed E-state index contributed by atoms with van der Waals surface area (Å²) in [4.78, 5) is 14.1. The second-order valence-corrected chi connectivity index (χ2v) is 9.60. The third-order valence-electron chi connectivity index (χ3n) is 5.12. The maximum atomic E-state index is 12.7. The largest absolute Gasteiger partial charge is 0.494 e. The van der Waals surface area contributed by atoms with E-state index in [1.165, 1.54) is 18.2 Å². The molecule has 1 N–H and O–H groups in total. The molecule has 0 aromatic heterocycles. The van der Waals surface area contributed by atoms with Gasteiger partial charge in [-0.05, 0) is 68.1 Å². The molecule has 0 aliphatic carbocycles. The highest BCUT2D eigenvalue weighted by Crippen LogP contribution is 2.29. The van der Waals surface area contributed by atoms with Gasteiger partial charge in [-0.15, -0.1) is 0 Å². The molecule has 1 amide bonds. The van der Waals surface area contributed by atoms with E-state index in [2.05, 4.69) is 11.6 Å². The van der Waals surface area contributed by atoms with Crippen molar-refractivity contribution in [2.24, 2.45) is 5.92 Å². The molecular weight excluding hydrogens is 440 g/mol. The first-order chi connectivity index (χ1) is 14.8. The zero-order chi connectivity index (χ0) is 22.4. The molecule has 1 saturated heterocycles. The minimum Gasteiger partial charge on any atom is -0.494 e. The monoisotopic (exact) mass is 466 g/mol. The zero-order valence-corrected chi connectivity index (χ0v) is 19.2. The number of benzene rings is 2. The lowest BCUT2D eigenvalue weighted by atomic mass is 9.99. The highest BCUT2D eigenvalue weighted by molar-refractivity contribution is 7.92. The fourth-order valence-electron chi connectivity index (χ4n) is 3.25.